The molecule has 2 amide bonds. The number of rotatable bonds is 5. The number of hydrogen-bond donors (Lipinski definition) is 2. The van der Waals surface area contributed by atoms with E-state index < -0.39 is 6.04 Å². The summed E-state index contributed by atoms with van der Waals surface area (Å²) in [5.41, 5.74) is 1.82. The second kappa shape index (κ2) is 7.74. The molecule has 1 aromatic carbocycles. The summed E-state index contributed by atoms with van der Waals surface area (Å²) in [4.78, 5) is 27.7. The number of carbonyl (C=O) groups excluding carboxylic acids is 2. The quantitative estimate of drug-likeness (QED) is 0.883. The van der Waals surface area contributed by atoms with Crippen LogP contribution in [0.15, 0.2) is 42.6 Å². The van der Waals surface area contributed by atoms with E-state index in [4.69, 9.17) is 11.6 Å². The van der Waals surface area contributed by atoms with Crippen LogP contribution in [0.25, 0.3) is 0 Å². The molecule has 0 fully saturated rings. The number of nitrogens with zero attached hydrogens (tertiary/aromatic N) is 1. The fourth-order valence-corrected chi connectivity index (χ4v) is 2.30. The molecular weight excluding hydrogens is 314 g/mol. The highest BCUT2D eigenvalue weighted by molar-refractivity contribution is 6.30. The number of amides is 2. The molecule has 0 unspecified atom stereocenters. The highest BCUT2D eigenvalue weighted by Gasteiger charge is 2.17. The standard InChI is InChI=1S/C17H18ClN3O2/c1-11-7-8-19-16(9-11)21-17(23)10-15(20-12(2)22)13-3-5-14(18)6-4-13/h3-9,15H,10H2,1-2H3,(H,20,22)(H,19,21,23)/t15-/m1/s1. The van der Waals surface area contributed by atoms with Gasteiger partial charge in [-0.15, -0.1) is 0 Å². The van der Waals surface area contributed by atoms with Crippen molar-refractivity contribution in [2.75, 3.05) is 5.32 Å². The molecule has 0 bridgehead atoms. The van der Waals surface area contributed by atoms with Gasteiger partial charge in [0, 0.05) is 18.1 Å². The van der Waals surface area contributed by atoms with Crippen molar-refractivity contribution in [1.82, 2.24) is 10.3 Å². The van der Waals surface area contributed by atoms with Crippen LogP contribution in [0, 0.1) is 6.92 Å². The van der Waals surface area contributed by atoms with Gasteiger partial charge in [-0.3, -0.25) is 9.59 Å². The van der Waals surface area contributed by atoms with E-state index in [0.717, 1.165) is 11.1 Å². The third-order valence-electron chi connectivity index (χ3n) is 3.22. The van der Waals surface area contributed by atoms with Crippen LogP contribution in [-0.2, 0) is 9.59 Å². The summed E-state index contributed by atoms with van der Waals surface area (Å²) in [7, 11) is 0. The van der Waals surface area contributed by atoms with E-state index in [1.54, 1.807) is 36.5 Å². The summed E-state index contributed by atoms with van der Waals surface area (Å²) in [6.07, 6.45) is 1.74. The number of nitrogens with one attached hydrogen (secondary N) is 2. The number of carbonyl (C=O) groups is 2. The van der Waals surface area contributed by atoms with Gasteiger partial charge in [-0.2, -0.15) is 0 Å². The van der Waals surface area contributed by atoms with Gasteiger partial charge in [0.15, 0.2) is 0 Å². The first-order chi connectivity index (χ1) is 10.9. The summed E-state index contributed by atoms with van der Waals surface area (Å²) in [6.45, 7) is 3.34. The van der Waals surface area contributed by atoms with Crippen molar-refractivity contribution in [3.8, 4) is 0 Å². The first-order valence-corrected chi connectivity index (χ1v) is 7.57. The first kappa shape index (κ1) is 17.0. The van der Waals surface area contributed by atoms with Crippen LogP contribution < -0.4 is 10.6 Å². The van der Waals surface area contributed by atoms with E-state index in [0.29, 0.717) is 10.8 Å². The van der Waals surface area contributed by atoms with Gasteiger partial charge < -0.3 is 10.6 Å². The maximum Gasteiger partial charge on any atom is 0.227 e. The highest BCUT2D eigenvalue weighted by atomic mass is 35.5. The largest absolute Gasteiger partial charge is 0.349 e. The lowest BCUT2D eigenvalue weighted by molar-refractivity contribution is -0.120. The minimum absolute atomic E-state index is 0.108. The number of hydrogen-bond acceptors (Lipinski definition) is 3. The molecule has 0 aliphatic rings. The van der Waals surface area contributed by atoms with Crippen molar-refractivity contribution in [2.24, 2.45) is 0 Å². The molecule has 120 valence electrons. The maximum absolute atomic E-state index is 12.2. The van der Waals surface area contributed by atoms with Crippen molar-refractivity contribution in [3.05, 3.63) is 58.7 Å². The van der Waals surface area contributed by atoms with E-state index in [2.05, 4.69) is 15.6 Å². The lowest BCUT2D eigenvalue weighted by atomic mass is 10.0. The minimum Gasteiger partial charge on any atom is -0.349 e. The SMILES string of the molecule is CC(=O)N[C@H](CC(=O)Nc1cc(C)ccn1)c1ccc(Cl)cc1. The lowest BCUT2D eigenvalue weighted by Gasteiger charge is -2.18. The van der Waals surface area contributed by atoms with Gasteiger partial charge >= 0.3 is 0 Å². The second-order valence-corrected chi connectivity index (χ2v) is 5.71. The Bertz CT molecular complexity index is 701. The molecule has 2 aromatic rings. The van der Waals surface area contributed by atoms with Crippen LogP contribution in [0.1, 0.15) is 30.5 Å². The molecule has 2 rings (SSSR count). The smallest absolute Gasteiger partial charge is 0.227 e. The molecule has 0 saturated heterocycles. The molecular formula is C17H18ClN3O2. The zero-order valence-electron chi connectivity index (χ0n) is 13.0. The summed E-state index contributed by atoms with van der Waals surface area (Å²) in [5.74, 6) is 0.0657. The van der Waals surface area contributed by atoms with Gasteiger partial charge in [-0.25, -0.2) is 4.98 Å². The van der Waals surface area contributed by atoms with Gasteiger partial charge in [0.05, 0.1) is 12.5 Å². The molecule has 1 aromatic heterocycles. The Morgan fingerprint density at radius 2 is 1.91 bits per heavy atom. The molecule has 0 aliphatic carbocycles. The number of pyridine rings is 1. The fraction of sp³-hybridized carbons (Fsp3) is 0.235. The average molecular weight is 332 g/mol. The fourth-order valence-electron chi connectivity index (χ4n) is 2.18. The van der Waals surface area contributed by atoms with Crippen LogP contribution in [0.5, 0.6) is 0 Å². The van der Waals surface area contributed by atoms with Crippen molar-refractivity contribution in [1.29, 1.82) is 0 Å². The molecule has 1 heterocycles. The third-order valence-corrected chi connectivity index (χ3v) is 3.47. The van der Waals surface area contributed by atoms with Crippen molar-refractivity contribution in [3.63, 3.8) is 0 Å². The topological polar surface area (TPSA) is 71.1 Å². The number of benzene rings is 1. The number of anilines is 1. The predicted molar refractivity (Wildman–Crippen MR) is 90.2 cm³/mol. The van der Waals surface area contributed by atoms with Gasteiger partial charge in [0.2, 0.25) is 11.8 Å². The minimum atomic E-state index is -0.422. The summed E-state index contributed by atoms with van der Waals surface area (Å²) in [5, 5.41) is 6.12. The van der Waals surface area contributed by atoms with Crippen molar-refractivity contribution in [2.45, 2.75) is 26.3 Å². The Labute approximate surface area is 140 Å². The Morgan fingerprint density at radius 1 is 1.22 bits per heavy atom. The van der Waals surface area contributed by atoms with E-state index in [9.17, 15) is 9.59 Å². The lowest BCUT2D eigenvalue weighted by Crippen LogP contribution is -2.29. The molecule has 5 nitrogen and oxygen atoms in total. The number of aryl methyl sites for hydroxylation is 1. The summed E-state index contributed by atoms with van der Waals surface area (Å²) >= 11 is 5.88. The maximum atomic E-state index is 12.2. The summed E-state index contributed by atoms with van der Waals surface area (Å²) < 4.78 is 0. The molecule has 1 atom stereocenters. The van der Waals surface area contributed by atoms with Gasteiger partial charge in [-0.05, 0) is 42.3 Å². The normalized spacial score (nSPS) is 11.6. The molecule has 2 N–H and O–H groups in total. The molecule has 0 radical (unpaired) electrons. The molecule has 0 saturated carbocycles. The van der Waals surface area contributed by atoms with Gasteiger partial charge in [0.1, 0.15) is 5.82 Å². The molecule has 6 heteroatoms. The first-order valence-electron chi connectivity index (χ1n) is 7.19. The Hall–Kier alpha value is -2.40. The highest BCUT2D eigenvalue weighted by Crippen LogP contribution is 2.20. The Balaban J connectivity index is 2.09. The molecule has 0 spiro atoms. The zero-order valence-corrected chi connectivity index (χ0v) is 13.7. The van der Waals surface area contributed by atoms with E-state index >= 15 is 0 Å². The second-order valence-electron chi connectivity index (χ2n) is 5.28. The van der Waals surface area contributed by atoms with E-state index in [-0.39, 0.29) is 18.2 Å². The predicted octanol–water partition coefficient (Wildman–Crippen LogP) is 3.25. The van der Waals surface area contributed by atoms with Crippen LogP contribution >= 0.6 is 11.6 Å². The van der Waals surface area contributed by atoms with Gasteiger partial charge in [0.25, 0.3) is 0 Å². The summed E-state index contributed by atoms with van der Waals surface area (Å²) in [6, 6.07) is 10.3. The Morgan fingerprint density at radius 3 is 2.52 bits per heavy atom. The van der Waals surface area contributed by atoms with Crippen molar-refractivity contribution >= 4 is 29.2 Å². The molecule has 23 heavy (non-hydrogen) atoms. The average Bonchev–Trinajstić information content (AvgIpc) is 2.46. The van der Waals surface area contributed by atoms with E-state index in [1.165, 1.54) is 6.92 Å². The van der Waals surface area contributed by atoms with Crippen LogP contribution in [0.2, 0.25) is 5.02 Å². The number of aromatic nitrogens is 1. The zero-order chi connectivity index (χ0) is 16.8. The van der Waals surface area contributed by atoms with Crippen LogP contribution in [0.3, 0.4) is 0 Å². The van der Waals surface area contributed by atoms with Crippen LogP contribution in [-0.4, -0.2) is 16.8 Å². The third kappa shape index (κ3) is 5.38. The van der Waals surface area contributed by atoms with Crippen LogP contribution in [0.4, 0.5) is 5.82 Å². The number of halogens is 1. The Kier molecular flexibility index (Phi) is 5.71. The molecule has 0 aliphatic heterocycles. The van der Waals surface area contributed by atoms with Gasteiger partial charge in [-0.1, -0.05) is 23.7 Å². The van der Waals surface area contributed by atoms with E-state index in [1.807, 2.05) is 13.0 Å². The van der Waals surface area contributed by atoms with Crippen molar-refractivity contribution < 1.29 is 9.59 Å². The monoisotopic (exact) mass is 331 g/mol.